The third kappa shape index (κ3) is 7.83. The van der Waals surface area contributed by atoms with Gasteiger partial charge in [0, 0.05) is 25.1 Å². The average molecular weight is 741 g/mol. The average Bonchev–Trinajstić information content (AvgIpc) is 3.75. The Hall–Kier alpha value is -4.24. The highest BCUT2D eigenvalue weighted by Crippen LogP contribution is 2.44. The molecule has 2 aliphatic rings. The molecule has 0 aliphatic carbocycles. The first-order valence-corrected chi connectivity index (χ1v) is 19.4. The van der Waals surface area contributed by atoms with Crippen molar-refractivity contribution < 1.29 is 32.6 Å². The first-order valence-electron chi connectivity index (χ1n) is 17.1. The van der Waals surface area contributed by atoms with Gasteiger partial charge in [-0.1, -0.05) is 32.9 Å². The second-order valence-electron chi connectivity index (χ2n) is 15.2. The van der Waals surface area contributed by atoms with Gasteiger partial charge < -0.3 is 25.8 Å². The third-order valence-electron chi connectivity index (χ3n) is 9.74. The molecule has 3 heterocycles. The van der Waals surface area contributed by atoms with Crippen molar-refractivity contribution in [3.63, 3.8) is 0 Å². The summed E-state index contributed by atoms with van der Waals surface area (Å²) in [7, 11) is -4.10. The molecule has 276 valence electrons. The number of hydrogen-bond acceptors (Lipinski definition) is 9. The van der Waals surface area contributed by atoms with Crippen LogP contribution in [0.3, 0.4) is 0 Å². The Bertz CT molecular complexity index is 1980. The second kappa shape index (κ2) is 14.1. The van der Waals surface area contributed by atoms with Crippen molar-refractivity contribution in [1.82, 2.24) is 19.9 Å². The van der Waals surface area contributed by atoms with Crippen LogP contribution < -0.4 is 20.5 Å². The van der Waals surface area contributed by atoms with Gasteiger partial charge in [0.1, 0.15) is 11.4 Å². The fraction of sp³-hybridized carbons (Fsp3) is 0.528. The Kier molecular flexibility index (Phi) is 10.5. The van der Waals surface area contributed by atoms with E-state index in [4.69, 9.17) is 10.5 Å². The summed E-state index contributed by atoms with van der Waals surface area (Å²) in [6.45, 7) is 15.2. The van der Waals surface area contributed by atoms with E-state index in [0.29, 0.717) is 29.5 Å². The number of carbonyl (C=O) groups excluding carboxylic acids is 2. The van der Waals surface area contributed by atoms with Gasteiger partial charge in [-0.2, -0.15) is 0 Å². The summed E-state index contributed by atoms with van der Waals surface area (Å²) >= 11 is 1.23. The van der Waals surface area contributed by atoms with Crippen molar-refractivity contribution in [2.24, 2.45) is 22.1 Å². The smallest absolute Gasteiger partial charge is 0.407 e. The van der Waals surface area contributed by atoms with Crippen LogP contribution in [0.5, 0.6) is 5.75 Å². The number of likely N-dealkylation sites (tertiary alicyclic amines) is 1. The van der Waals surface area contributed by atoms with Crippen molar-refractivity contribution >= 4 is 55.3 Å². The first kappa shape index (κ1) is 38.0. The standard InChI is InChI=1S/C36H48N6O7S2/c1-19-20(2)29(21(3)23-18-36(7,8)49-28(19)23)51(47,48)41-33(37)38-16-11-13-25(27(43)32-40-24-12-9-10-14-26(24)50-32)39-31(44)22-15-17-42(34(45)46)30(22)35(4,5)6/h9-10,12,14,22,25,30H,11,13,15-18H2,1-8H3,(H,39,44)(H,45,46)(H3,37,38,41)/t22-,25-,30?/m0/s1. The van der Waals surface area contributed by atoms with Gasteiger partial charge in [-0.05, 0) is 88.1 Å². The molecule has 51 heavy (non-hydrogen) atoms. The zero-order chi connectivity index (χ0) is 37.6. The summed E-state index contributed by atoms with van der Waals surface area (Å²) < 4.78 is 36.6. The minimum atomic E-state index is -4.10. The number of guanidine groups is 1. The Balaban J connectivity index is 1.32. The van der Waals surface area contributed by atoms with Crippen LogP contribution in [0.4, 0.5) is 4.79 Å². The molecule has 2 amide bonds. The number of sulfonamides is 1. The maximum atomic E-state index is 13.9. The summed E-state index contributed by atoms with van der Waals surface area (Å²) in [4.78, 5) is 49.8. The zero-order valence-corrected chi connectivity index (χ0v) is 32.0. The molecule has 0 saturated carbocycles. The van der Waals surface area contributed by atoms with E-state index in [1.165, 1.54) is 16.2 Å². The molecule has 1 unspecified atom stereocenters. The molecule has 2 aromatic carbocycles. The molecule has 3 atom stereocenters. The summed E-state index contributed by atoms with van der Waals surface area (Å²) in [6, 6.07) is 5.81. The number of nitrogens with one attached hydrogen (secondary N) is 2. The number of aliphatic imine (C=N–C) groups is 1. The predicted octanol–water partition coefficient (Wildman–Crippen LogP) is 5.09. The third-order valence-corrected chi connectivity index (χ3v) is 12.4. The van der Waals surface area contributed by atoms with E-state index in [-0.39, 0.29) is 47.6 Å². The topological polar surface area (TPSA) is 193 Å². The number of rotatable bonds is 10. The number of fused-ring (bicyclic) bond motifs is 2. The molecule has 5 rings (SSSR count). The zero-order valence-electron chi connectivity index (χ0n) is 30.4. The maximum Gasteiger partial charge on any atom is 0.407 e. The molecule has 1 saturated heterocycles. The van der Waals surface area contributed by atoms with Crippen LogP contribution in [0.25, 0.3) is 10.2 Å². The van der Waals surface area contributed by atoms with Crippen molar-refractivity contribution in [1.29, 1.82) is 0 Å². The minimum absolute atomic E-state index is 0.0674. The number of carboxylic acid groups (broad SMARTS) is 1. The van der Waals surface area contributed by atoms with E-state index in [1.54, 1.807) is 13.8 Å². The van der Waals surface area contributed by atoms with E-state index in [9.17, 15) is 27.9 Å². The lowest BCUT2D eigenvalue weighted by Gasteiger charge is -2.36. The summed E-state index contributed by atoms with van der Waals surface area (Å²) in [6.07, 6.45) is 0.257. The van der Waals surface area contributed by atoms with Gasteiger partial charge >= 0.3 is 6.09 Å². The van der Waals surface area contributed by atoms with Crippen LogP contribution in [0.15, 0.2) is 34.2 Å². The van der Waals surface area contributed by atoms with E-state index in [1.807, 2.05) is 65.8 Å². The number of nitrogens with two attached hydrogens (primary N) is 1. The molecule has 15 heteroatoms. The monoisotopic (exact) mass is 740 g/mol. The van der Waals surface area contributed by atoms with Crippen LogP contribution >= 0.6 is 11.3 Å². The van der Waals surface area contributed by atoms with Gasteiger partial charge in [-0.15, -0.1) is 11.3 Å². The van der Waals surface area contributed by atoms with Crippen molar-refractivity contribution in [2.45, 2.75) is 104 Å². The number of thiazole rings is 1. The Morgan fingerprint density at radius 1 is 1.16 bits per heavy atom. The lowest BCUT2D eigenvalue weighted by Crippen LogP contribution is -2.51. The van der Waals surface area contributed by atoms with Crippen molar-refractivity contribution in [3.05, 3.63) is 51.5 Å². The number of ether oxygens (including phenoxy) is 1. The first-order chi connectivity index (χ1) is 23.7. The molecule has 1 fully saturated rings. The van der Waals surface area contributed by atoms with Gasteiger partial charge in [-0.25, -0.2) is 22.9 Å². The van der Waals surface area contributed by atoms with E-state index in [2.05, 4.69) is 20.0 Å². The normalized spacial score (nSPS) is 19.5. The van der Waals surface area contributed by atoms with Crippen molar-refractivity contribution in [2.75, 3.05) is 13.1 Å². The predicted molar refractivity (Wildman–Crippen MR) is 197 cm³/mol. The van der Waals surface area contributed by atoms with Crippen LogP contribution in [0.1, 0.15) is 85.9 Å². The number of para-hydroxylation sites is 1. The van der Waals surface area contributed by atoms with Gasteiger partial charge in [0.2, 0.25) is 17.6 Å². The molecular weight excluding hydrogens is 693 g/mol. The summed E-state index contributed by atoms with van der Waals surface area (Å²) in [5, 5.41) is 13.0. The number of carbonyl (C=O) groups is 3. The highest BCUT2D eigenvalue weighted by Gasteiger charge is 2.47. The van der Waals surface area contributed by atoms with Crippen LogP contribution in [0, 0.1) is 32.1 Å². The number of benzene rings is 2. The number of nitrogens with zero attached hydrogens (tertiary/aromatic N) is 3. The number of amides is 2. The van der Waals surface area contributed by atoms with Crippen molar-refractivity contribution in [3.8, 4) is 5.75 Å². The molecule has 0 spiro atoms. The van der Waals surface area contributed by atoms with Crippen LogP contribution in [-0.2, 0) is 21.2 Å². The number of aromatic nitrogens is 1. The molecule has 13 nitrogen and oxygen atoms in total. The van der Waals surface area contributed by atoms with Gasteiger partial charge in [0.15, 0.2) is 5.01 Å². The number of Topliss-reactive ketones (excluding diaryl/α,β-unsaturated/α-hetero) is 1. The number of ketones is 1. The maximum absolute atomic E-state index is 13.9. The SMILES string of the molecule is Cc1c(C)c(S(=O)(=O)NC(N)=NCCC[C@H](NC(=O)[C@H]2CCN(C(=O)O)C2C(C)(C)C)C(=O)c2nc3ccccc3s2)c(C)c2c1OC(C)(C)C2. The lowest BCUT2D eigenvalue weighted by atomic mass is 9.79. The molecule has 1 aromatic heterocycles. The molecule has 0 radical (unpaired) electrons. The lowest BCUT2D eigenvalue weighted by molar-refractivity contribution is -0.127. The highest BCUT2D eigenvalue weighted by molar-refractivity contribution is 7.90. The van der Waals surface area contributed by atoms with Gasteiger partial charge in [0.25, 0.3) is 10.0 Å². The van der Waals surface area contributed by atoms with Gasteiger partial charge in [-0.3, -0.25) is 14.6 Å². The largest absolute Gasteiger partial charge is 0.487 e. The molecule has 3 aromatic rings. The Morgan fingerprint density at radius 2 is 1.84 bits per heavy atom. The van der Waals surface area contributed by atoms with E-state index >= 15 is 0 Å². The minimum Gasteiger partial charge on any atom is -0.487 e. The molecule has 0 bridgehead atoms. The Morgan fingerprint density at radius 3 is 2.49 bits per heavy atom. The fourth-order valence-corrected chi connectivity index (χ4v) is 9.87. The van der Waals surface area contributed by atoms with Crippen LogP contribution in [0.2, 0.25) is 0 Å². The van der Waals surface area contributed by atoms with Gasteiger partial charge in [0.05, 0.1) is 33.1 Å². The quantitative estimate of drug-likeness (QED) is 0.0948. The molecule has 5 N–H and O–H groups in total. The second-order valence-corrected chi connectivity index (χ2v) is 17.8. The Labute approximate surface area is 303 Å². The highest BCUT2D eigenvalue weighted by atomic mass is 32.2. The molecule has 2 aliphatic heterocycles. The molecular formula is C36H48N6O7S2. The number of hydrogen-bond donors (Lipinski definition) is 4. The van der Waals surface area contributed by atoms with E-state index < -0.39 is 51.0 Å². The summed E-state index contributed by atoms with van der Waals surface area (Å²) in [5.41, 5.74) is 8.57. The summed E-state index contributed by atoms with van der Waals surface area (Å²) in [5.74, 6) is -0.999. The van der Waals surface area contributed by atoms with E-state index in [0.717, 1.165) is 21.6 Å². The van der Waals surface area contributed by atoms with Crippen LogP contribution in [-0.4, -0.2) is 77.9 Å². The fourth-order valence-electron chi connectivity index (χ4n) is 7.39.